The van der Waals surface area contributed by atoms with E-state index in [9.17, 15) is 4.79 Å². The van der Waals surface area contributed by atoms with Gasteiger partial charge in [0, 0.05) is 29.8 Å². The summed E-state index contributed by atoms with van der Waals surface area (Å²) < 4.78 is 10.4. The van der Waals surface area contributed by atoms with Gasteiger partial charge in [-0.1, -0.05) is 12.1 Å². The average Bonchev–Trinajstić information content (AvgIpc) is 2.60. The van der Waals surface area contributed by atoms with Gasteiger partial charge in [-0.2, -0.15) is 0 Å². The molecule has 0 fully saturated rings. The van der Waals surface area contributed by atoms with Gasteiger partial charge in [-0.05, 0) is 54.5 Å². The predicted octanol–water partition coefficient (Wildman–Crippen LogP) is 3.60. The first-order valence-electron chi connectivity index (χ1n) is 7.77. The molecule has 3 aromatic rings. The first-order chi connectivity index (χ1) is 12.0. The van der Waals surface area contributed by atoms with Crippen LogP contribution in [0.15, 0.2) is 57.7 Å². The highest BCUT2D eigenvalue weighted by Crippen LogP contribution is 2.20. The van der Waals surface area contributed by atoms with E-state index in [1.54, 1.807) is 13.2 Å². The number of hydrogen-bond acceptors (Lipinski definition) is 4. The largest absolute Gasteiger partial charge is 0.497 e. The lowest BCUT2D eigenvalue weighted by atomic mass is 10.1. The molecule has 0 aliphatic rings. The molecule has 6 heteroatoms. The number of rotatable bonds is 4. The van der Waals surface area contributed by atoms with E-state index in [2.05, 4.69) is 10.6 Å². The Labute approximate surface area is 150 Å². The number of nitrogens with one attached hydrogen (secondary N) is 2. The quantitative estimate of drug-likeness (QED) is 0.551. The van der Waals surface area contributed by atoms with Gasteiger partial charge in [0.15, 0.2) is 5.11 Å². The number of fused-ring (bicyclic) bond motifs is 1. The number of ether oxygens (including phenoxy) is 1. The first-order valence-corrected chi connectivity index (χ1v) is 8.18. The summed E-state index contributed by atoms with van der Waals surface area (Å²) in [6, 6.07) is 14.8. The van der Waals surface area contributed by atoms with E-state index in [0.717, 1.165) is 28.0 Å². The van der Waals surface area contributed by atoms with E-state index < -0.39 is 0 Å². The Hall–Kier alpha value is -2.86. The summed E-state index contributed by atoms with van der Waals surface area (Å²) in [5, 5.41) is 7.64. The number of aryl methyl sites for hydroxylation is 1. The molecule has 0 saturated carbocycles. The Bertz CT molecular complexity index is 965. The Morgan fingerprint density at radius 1 is 1.16 bits per heavy atom. The van der Waals surface area contributed by atoms with E-state index in [0.29, 0.717) is 17.2 Å². The second kappa shape index (κ2) is 7.36. The van der Waals surface area contributed by atoms with E-state index in [4.69, 9.17) is 21.4 Å². The third-order valence-corrected chi connectivity index (χ3v) is 4.07. The summed E-state index contributed by atoms with van der Waals surface area (Å²) in [6.07, 6.45) is 0. The maximum Gasteiger partial charge on any atom is 0.336 e. The molecule has 2 N–H and O–H groups in total. The third-order valence-electron chi connectivity index (χ3n) is 3.82. The minimum absolute atomic E-state index is 0.359. The molecule has 0 saturated heterocycles. The van der Waals surface area contributed by atoms with Gasteiger partial charge in [0.05, 0.1) is 7.11 Å². The summed E-state index contributed by atoms with van der Waals surface area (Å²) in [6.45, 7) is 2.48. The Morgan fingerprint density at radius 2 is 1.92 bits per heavy atom. The van der Waals surface area contributed by atoms with Crippen LogP contribution in [-0.4, -0.2) is 12.2 Å². The third kappa shape index (κ3) is 4.16. The van der Waals surface area contributed by atoms with Crippen molar-refractivity contribution in [2.75, 3.05) is 12.4 Å². The molecule has 0 radical (unpaired) electrons. The summed E-state index contributed by atoms with van der Waals surface area (Å²) in [7, 11) is 1.64. The van der Waals surface area contributed by atoms with Crippen LogP contribution in [0.5, 0.6) is 5.75 Å². The molecule has 0 bridgehead atoms. The van der Waals surface area contributed by atoms with Crippen LogP contribution >= 0.6 is 12.2 Å². The number of methoxy groups -OCH3 is 1. The van der Waals surface area contributed by atoms with Crippen molar-refractivity contribution in [3.8, 4) is 5.75 Å². The molecule has 0 aliphatic carbocycles. The lowest BCUT2D eigenvalue weighted by molar-refractivity contribution is 0.414. The molecule has 0 spiro atoms. The minimum Gasteiger partial charge on any atom is -0.497 e. The highest BCUT2D eigenvalue weighted by atomic mass is 32.1. The van der Waals surface area contributed by atoms with Crippen molar-refractivity contribution in [2.45, 2.75) is 13.5 Å². The van der Waals surface area contributed by atoms with Gasteiger partial charge in [-0.25, -0.2) is 4.79 Å². The van der Waals surface area contributed by atoms with Crippen LogP contribution in [0.4, 0.5) is 5.69 Å². The fourth-order valence-corrected chi connectivity index (χ4v) is 2.69. The number of hydrogen-bond donors (Lipinski definition) is 2. The zero-order valence-electron chi connectivity index (χ0n) is 14.0. The van der Waals surface area contributed by atoms with Crippen LogP contribution in [-0.2, 0) is 6.54 Å². The minimum atomic E-state index is -0.359. The van der Waals surface area contributed by atoms with Gasteiger partial charge in [-0.3, -0.25) is 0 Å². The molecule has 1 heterocycles. The highest BCUT2D eigenvalue weighted by Gasteiger charge is 2.05. The number of anilines is 1. The maximum absolute atomic E-state index is 11.5. The fourth-order valence-electron chi connectivity index (χ4n) is 2.50. The second-order valence-electron chi connectivity index (χ2n) is 5.62. The standard InChI is InChI=1S/C19H18N2O3S/c1-12-9-18(22)24-17-10-14(5-8-16(12)17)21-19(25)20-11-13-3-6-15(23-2)7-4-13/h3-10H,11H2,1-2H3,(H2,20,21,25). The lowest BCUT2D eigenvalue weighted by Gasteiger charge is -2.11. The van der Waals surface area contributed by atoms with E-state index in [1.807, 2.05) is 43.3 Å². The zero-order valence-corrected chi connectivity index (χ0v) is 14.8. The molecule has 0 unspecified atom stereocenters. The highest BCUT2D eigenvalue weighted by molar-refractivity contribution is 7.80. The zero-order chi connectivity index (χ0) is 17.8. The van der Waals surface area contributed by atoms with E-state index in [-0.39, 0.29) is 5.63 Å². The van der Waals surface area contributed by atoms with Gasteiger partial charge >= 0.3 is 5.63 Å². The molecule has 2 aromatic carbocycles. The van der Waals surface area contributed by atoms with Crippen molar-refractivity contribution in [1.82, 2.24) is 5.32 Å². The summed E-state index contributed by atoms with van der Waals surface area (Å²) in [5.41, 5.74) is 2.91. The van der Waals surface area contributed by atoms with Crippen molar-refractivity contribution in [2.24, 2.45) is 0 Å². The first kappa shape index (κ1) is 17.0. The summed E-state index contributed by atoms with van der Waals surface area (Å²) >= 11 is 5.32. The van der Waals surface area contributed by atoms with Gasteiger partial charge in [0.2, 0.25) is 0 Å². The van der Waals surface area contributed by atoms with Crippen LogP contribution < -0.4 is 21.0 Å². The van der Waals surface area contributed by atoms with Crippen LogP contribution in [0, 0.1) is 6.92 Å². The molecular weight excluding hydrogens is 336 g/mol. The molecule has 3 rings (SSSR count). The predicted molar refractivity (Wildman–Crippen MR) is 103 cm³/mol. The van der Waals surface area contributed by atoms with Gasteiger partial charge in [0.25, 0.3) is 0 Å². The van der Waals surface area contributed by atoms with E-state index >= 15 is 0 Å². The van der Waals surface area contributed by atoms with Crippen molar-refractivity contribution in [3.05, 3.63) is 70.1 Å². The Morgan fingerprint density at radius 3 is 2.64 bits per heavy atom. The lowest BCUT2D eigenvalue weighted by Crippen LogP contribution is -2.27. The average molecular weight is 354 g/mol. The van der Waals surface area contributed by atoms with Crippen LogP contribution in [0.25, 0.3) is 11.0 Å². The number of benzene rings is 2. The van der Waals surface area contributed by atoms with Crippen LogP contribution in [0.3, 0.4) is 0 Å². The maximum atomic E-state index is 11.5. The van der Waals surface area contributed by atoms with Gasteiger partial charge in [0.1, 0.15) is 11.3 Å². The summed E-state index contributed by atoms with van der Waals surface area (Å²) in [4.78, 5) is 11.5. The van der Waals surface area contributed by atoms with Crippen LogP contribution in [0.1, 0.15) is 11.1 Å². The van der Waals surface area contributed by atoms with Crippen molar-refractivity contribution in [1.29, 1.82) is 0 Å². The van der Waals surface area contributed by atoms with Crippen molar-refractivity contribution < 1.29 is 9.15 Å². The van der Waals surface area contributed by atoms with Crippen molar-refractivity contribution >= 4 is 34.0 Å². The molecule has 5 nitrogen and oxygen atoms in total. The van der Waals surface area contributed by atoms with E-state index in [1.165, 1.54) is 6.07 Å². The molecule has 25 heavy (non-hydrogen) atoms. The monoisotopic (exact) mass is 354 g/mol. The molecule has 1 aromatic heterocycles. The smallest absolute Gasteiger partial charge is 0.336 e. The second-order valence-corrected chi connectivity index (χ2v) is 6.02. The van der Waals surface area contributed by atoms with Gasteiger partial charge < -0.3 is 19.8 Å². The number of thiocarbonyl (C=S) groups is 1. The molecular formula is C19H18N2O3S. The topological polar surface area (TPSA) is 63.5 Å². The molecule has 0 atom stereocenters. The van der Waals surface area contributed by atoms with Gasteiger partial charge in [-0.15, -0.1) is 0 Å². The Balaban J connectivity index is 1.66. The summed E-state index contributed by atoms with van der Waals surface area (Å²) in [5.74, 6) is 0.817. The van der Waals surface area contributed by atoms with Crippen molar-refractivity contribution in [3.63, 3.8) is 0 Å². The molecule has 0 aliphatic heterocycles. The molecule has 0 amide bonds. The normalized spacial score (nSPS) is 10.5. The SMILES string of the molecule is COc1ccc(CNC(=S)Nc2ccc3c(C)cc(=O)oc3c2)cc1. The fraction of sp³-hybridized carbons (Fsp3) is 0.158. The Kier molecular flexibility index (Phi) is 5.00. The molecule has 128 valence electrons. The van der Waals surface area contributed by atoms with Crippen LogP contribution in [0.2, 0.25) is 0 Å².